The molecule has 1 heterocycles. The Labute approximate surface area is 88.8 Å². The van der Waals surface area contributed by atoms with Crippen molar-refractivity contribution in [1.29, 1.82) is 0 Å². The van der Waals surface area contributed by atoms with Gasteiger partial charge >= 0.3 is 5.97 Å². The molecule has 0 spiro atoms. The largest absolute Gasteiger partial charge is 0.477 e. The van der Waals surface area contributed by atoms with Gasteiger partial charge in [0.1, 0.15) is 17.2 Å². The van der Waals surface area contributed by atoms with Crippen molar-refractivity contribution in [2.24, 2.45) is 0 Å². The van der Waals surface area contributed by atoms with E-state index in [1.807, 2.05) is 18.7 Å². The molecule has 82 valence electrons. The van der Waals surface area contributed by atoms with E-state index in [2.05, 4.69) is 9.97 Å². The Morgan fingerprint density at radius 1 is 1.47 bits per heavy atom. The topological polar surface area (TPSA) is 66.3 Å². The summed E-state index contributed by atoms with van der Waals surface area (Å²) in [4.78, 5) is 20.9. The molecule has 0 aromatic carbocycles. The number of anilines is 1. The smallest absolute Gasteiger partial charge is 0.341 e. The lowest BCUT2D eigenvalue weighted by atomic mass is 10.3. The number of hydrogen-bond acceptors (Lipinski definition) is 4. The van der Waals surface area contributed by atoms with Gasteiger partial charge in [0, 0.05) is 19.3 Å². The van der Waals surface area contributed by atoms with Crippen LogP contribution in [0.4, 0.5) is 5.82 Å². The van der Waals surface area contributed by atoms with Crippen LogP contribution in [0.3, 0.4) is 0 Å². The zero-order valence-electron chi connectivity index (χ0n) is 9.19. The van der Waals surface area contributed by atoms with E-state index < -0.39 is 5.97 Å². The van der Waals surface area contributed by atoms with Crippen molar-refractivity contribution in [2.75, 3.05) is 18.0 Å². The molecule has 0 fully saturated rings. The Kier molecular flexibility index (Phi) is 3.60. The molecule has 15 heavy (non-hydrogen) atoms. The third-order valence-corrected chi connectivity index (χ3v) is 2.18. The van der Waals surface area contributed by atoms with Crippen LogP contribution in [0, 0.1) is 6.92 Å². The molecule has 1 N–H and O–H groups in total. The molecule has 0 aliphatic rings. The number of aryl methyl sites for hydroxylation is 1. The first-order valence-electron chi connectivity index (χ1n) is 4.92. The van der Waals surface area contributed by atoms with E-state index in [0.29, 0.717) is 11.6 Å². The number of aromatic nitrogens is 2. The van der Waals surface area contributed by atoms with Gasteiger partial charge in [-0.1, -0.05) is 0 Å². The van der Waals surface area contributed by atoms with Gasteiger partial charge in [-0.3, -0.25) is 0 Å². The minimum absolute atomic E-state index is 0.157. The predicted octanol–water partition coefficient (Wildman–Crippen LogP) is 1.33. The minimum Gasteiger partial charge on any atom is -0.477 e. The maximum atomic E-state index is 11.0. The lowest BCUT2D eigenvalue weighted by Crippen LogP contribution is -2.26. The van der Waals surface area contributed by atoms with Crippen LogP contribution in [0.5, 0.6) is 0 Å². The van der Waals surface area contributed by atoms with Crippen LogP contribution >= 0.6 is 0 Å². The second-order valence-corrected chi connectivity index (χ2v) is 3.13. The van der Waals surface area contributed by atoms with E-state index in [4.69, 9.17) is 5.11 Å². The highest BCUT2D eigenvalue weighted by molar-refractivity contribution is 5.92. The summed E-state index contributed by atoms with van der Waals surface area (Å²) in [7, 11) is 0. The Balaban J connectivity index is 3.22. The molecule has 0 atom stereocenters. The Hall–Kier alpha value is -1.65. The molecule has 0 aliphatic carbocycles. The molecule has 0 aliphatic heterocycles. The molecule has 1 aromatic rings. The Bertz CT molecular complexity index is 362. The fraction of sp³-hybridized carbons (Fsp3) is 0.500. The summed E-state index contributed by atoms with van der Waals surface area (Å²) in [6.07, 6.45) is 1.36. The molecule has 0 saturated heterocycles. The molecular formula is C10H15N3O2. The zero-order chi connectivity index (χ0) is 11.4. The maximum Gasteiger partial charge on any atom is 0.341 e. The van der Waals surface area contributed by atoms with Crippen molar-refractivity contribution >= 4 is 11.8 Å². The molecular weight excluding hydrogens is 194 g/mol. The molecule has 5 heteroatoms. The lowest BCUT2D eigenvalue weighted by Gasteiger charge is -2.21. The lowest BCUT2D eigenvalue weighted by molar-refractivity contribution is 0.0696. The van der Waals surface area contributed by atoms with Crippen molar-refractivity contribution in [3.63, 3.8) is 0 Å². The summed E-state index contributed by atoms with van der Waals surface area (Å²) < 4.78 is 0. The standard InChI is InChI=1S/C10H15N3O2/c1-4-13(5-2)9-8(10(14)15)6-11-7(3)12-9/h6H,4-5H2,1-3H3,(H,14,15). The monoisotopic (exact) mass is 209 g/mol. The number of hydrogen-bond donors (Lipinski definition) is 1. The van der Waals surface area contributed by atoms with Gasteiger partial charge in [0.05, 0.1) is 0 Å². The third-order valence-electron chi connectivity index (χ3n) is 2.18. The number of nitrogens with zero attached hydrogens (tertiary/aromatic N) is 3. The molecule has 0 bridgehead atoms. The van der Waals surface area contributed by atoms with Crippen molar-refractivity contribution in [2.45, 2.75) is 20.8 Å². The molecule has 0 saturated carbocycles. The van der Waals surface area contributed by atoms with Crippen molar-refractivity contribution in [3.8, 4) is 0 Å². The van der Waals surface area contributed by atoms with Gasteiger partial charge in [-0.05, 0) is 20.8 Å². The number of carboxylic acid groups (broad SMARTS) is 1. The number of aromatic carboxylic acids is 1. The summed E-state index contributed by atoms with van der Waals surface area (Å²) in [5, 5.41) is 8.99. The first-order valence-corrected chi connectivity index (χ1v) is 4.92. The van der Waals surface area contributed by atoms with Crippen LogP contribution in [-0.4, -0.2) is 34.1 Å². The van der Waals surface area contributed by atoms with Crippen LogP contribution < -0.4 is 4.90 Å². The zero-order valence-corrected chi connectivity index (χ0v) is 9.19. The quantitative estimate of drug-likeness (QED) is 0.810. The van der Waals surface area contributed by atoms with Gasteiger partial charge in [0.2, 0.25) is 0 Å². The Morgan fingerprint density at radius 2 is 2.07 bits per heavy atom. The van der Waals surface area contributed by atoms with Crippen molar-refractivity contribution < 1.29 is 9.90 Å². The second kappa shape index (κ2) is 4.72. The van der Waals surface area contributed by atoms with Crippen LogP contribution in [-0.2, 0) is 0 Å². The summed E-state index contributed by atoms with van der Waals surface area (Å²) in [5.74, 6) is 0.0961. The van der Waals surface area contributed by atoms with Gasteiger partial charge < -0.3 is 10.0 Å². The van der Waals surface area contributed by atoms with E-state index in [-0.39, 0.29) is 5.56 Å². The molecule has 1 aromatic heterocycles. The molecule has 1 rings (SSSR count). The average Bonchev–Trinajstić information content (AvgIpc) is 2.19. The molecule has 0 amide bonds. The molecule has 0 radical (unpaired) electrons. The fourth-order valence-electron chi connectivity index (χ4n) is 1.37. The van der Waals surface area contributed by atoms with Crippen molar-refractivity contribution in [1.82, 2.24) is 9.97 Å². The average molecular weight is 209 g/mol. The normalized spacial score (nSPS) is 10.1. The SMILES string of the molecule is CCN(CC)c1nc(C)ncc1C(=O)O. The van der Waals surface area contributed by atoms with Gasteiger partial charge in [-0.15, -0.1) is 0 Å². The Morgan fingerprint density at radius 3 is 2.53 bits per heavy atom. The van der Waals surface area contributed by atoms with E-state index in [9.17, 15) is 4.79 Å². The predicted molar refractivity (Wildman–Crippen MR) is 57.3 cm³/mol. The highest BCUT2D eigenvalue weighted by atomic mass is 16.4. The van der Waals surface area contributed by atoms with E-state index in [1.165, 1.54) is 6.20 Å². The molecule has 5 nitrogen and oxygen atoms in total. The summed E-state index contributed by atoms with van der Waals surface area (Å²) in [6, 6.07) is 0. The summed E-state index contributed by atoms with van der Waals surface area (Å²) >= 11 is 0. The van der Waals surface area contributed by atoms with Crippen LogP contribution in [0.25, 0.3) is 0 Å². The van der Waals surface area contributed by atoms with Crippen LogP contribution in [0.2, 0.25) is 0 Å². The summed E-state index contributed by atoms with van der Waals surface area (Å²) in [5.41, 5.74) is 0.157. The number of carbonyl (C=O) groups is 1. The van der Waals surface area contributed by atoms with Gasteiger partial charge in [0.15, 0.2) is 0 Å². The third kappa shape index (κ3) is 2.43. The highest BCUT2D eigenvalue weighted by Gasteiger charge is 2.16. The molecule has 0 unspecified atom stereocenters. The first-order chi connectivity index (χ1) is 7.10. The highest BCUT2D eigenvalue weighted by Crippen LogP contribution is 2.16. The first kappa shape index (κ1) is 11.4. The van der Waals surface area contributed by atoms with E-state index in [0.717, 1.165) is 13.1 Å². The van der Waals surface area contributed by atoms with E-state index >= 15 is 0 Å². The van der Waals surface area contributed by atoms with Crippen LogP contribution in [0.15, 0.2) is 6.20 Å². The van der Waals surface area contributed by atoms with Crippen LogP contribution in [0.1, 0.15) is 30.0 Å². The van der Waals surface area contributed by atoms with Gasteiger partial charge in [0.25, 0.3) is 0 Å². The fourth-order valence-corrected chi connectivity index (χ4v) is 1.37. The van der Waals surface area contributed by atoms with Gasteiger partial charge in [-0.25, -0.2) is 14.8 Å². The number of carboxylic acids is 1. The van der Waals surface area contributed by atoms with E-state index in [1.54, 1.807) is 6.92 Å². The maximum absolute atomic E-state index is 11.0. The second-order valence-electron chi connectivity index (χ2n) is 3.13. The summed E-state index contributed by atoms with van der Waals surface area (Å²) in [6.45, 7) is 7.14. The van der Waals surface area contributed by atoms with Crippen molar-refractivity contribution in [3.05, 3.63) is 17.6 Å². The van der Waals surface area contributed by atoms with Gasteiger partial charge in [-0.2, -0.15) is 0 Å². The minimum atomic E-state index is -0.989. The number of rotatable bonds is 4.